The van der Waals surface area contributed by atoms with Crippen LogP contribution in [-0.4, -0.2) is 43.5 Å². The Kier molecular flexibility index (Phi) is 6.24. The van der Waals surface area contributed by atoms with Gasteiger partial charge in [-0.05, 0) is 30.7 Å². The van der Waals surface area contributed by atoms with Crippen molar-refractivity contribution in [2.75, 3.05) is 37.6 Å². The minimum Gasteiger partial charge on any atom is -0.368 e. The SMILES string of the molecule is C[C@@H](NCC(=O)N1CCN(c2cccc(C(F)(F)F)c2)CC1)c1ccccc1. The third-order valence-electron chi connectivity index (χ3n) is 5.03. The van der Waals surface area contributed by atoms with Gasteiger partial charge in [-0.25, -0.2) is 0 Å². The first-order chi connectivity index (χ1) is 13.3. The van der Waals surface area contributed by atoms with Gasteiger partial charge in [-0.15, -0.1) is 0 Å². The standard InChI is InChI=1S/C21H24F3N3O/c1-16(17-6-3-2-4-7-17)25-15-20(28)27-12-10-26(11-13-27)19-9-5-8-18(14-19)21(22,23)24/h2-9,14,16,25H,10-13,15H2,1H3/t16-/m1/s1. The molecule has 0 saturated carbocycles. The number of benzene rings is 2. The molecule has 0 spiro atoms. The Morgan fingerprint density at radius 1 is 1.04 bits per heavy atom. The van der Waals surface area contributed by atoms with E-state index in [0.717, 1.165) is 11.6 Å². The van der Waals surface area contributed by atoms with Crippen LogP contribution in [0.25, 0.3) is 0 Å². The van der Waals surface area contributed by atoms with Gasteiger partial charge in [0.25, 0.3) is 0 Å². The lowest BCUT2D eigenvalue weighted by atomic mass is 10.1. The van der Waals surface area contributed by atoms with Crippen molar-refractivity contribution in [1.82, 2.24) is 10.2 Å². The highest BCUT2D eigenvalue weighted by molar-refractivity contribution is 5.78. The lowest BCUT2D eigenvalue weighted by Crippen LogP contribution is -2.51. The highest BCUT2D eigenvalue weighted by atomic mass is 19.4. The van der Waals surface area contributed by atoms with Gasteiger partial charge >= 0.3 is 6.18 Å². The van der Waals surface area contributed by atoms with E-state index in [1.807, 2.05) is 42.2 Å². The molecule has 0 aromatic heterocycles. The van der Waals surface area contributed by atoms with Crippen LogP contribution in [0.1, 0.15) is 24.1 Å². The number of alkyl halides is 3. The maximum absolute atomic E-state index is 12.9. The Bertz CT molecular complexity index is 787. The lowest BCUT2D eigenvalue weighted by Gasteiger charge is -2.36. The Balaban J connectivity index is 1.50. The zero-order chi connectivity index (χ0) is 20.1. The molecule has 150 valence electrons. The molecule has 0 bridgehead atoms. The molecule has 7 heteroatoms. The Morgan fingerprint density at radius 2 is 1.71 bits per heavy atom. The maximum Gasteiger partial charge on any atom is 0.416 e. The first-order valence-electron chi connectivity index (χ1n) is 9.33. The van der Waals surface area contributed by atoms with Gasteiger partial charge in [0.15, 0.2) is 0 Å². The summed E-state index contributed by atoms with van der Waals surface area (Å²) in [6, 6.07) is 15.3. The van der Waals surface area contributed by atoms with Crippen LogP contribution in [0, 0.1) is 0 Å². The molecule has 2 aromatic rings. The number of amides is 1. The van der Waals surface area contributed by atoms with Gasteiger partial charge in [0.2, 0.25) is 5.91 Å². The summed E-state index contributed by atoms with van der Waals surface area (Å²) < 4.78 is 38.7. The fraction of sp³-hybridized carbons (Fsp3) is 0.381. The van der Waals surface area contributed by atoms with E-state index in [1.165, 1.54) is 12.1 Å². The molecule has 0 unspecified atom stereocenters. The topological polar surface area (TPSA) is 35.6 Å². The molecule has 28 heavy (non-hydrogen) atoms. The Labute approximate surface area is 162 Å². The smallest absolute Gasteiger partial charge is 0.368 e. The van der Waals surface area contributed by atoms with Crippen molar-refractivity contribution in [1.29, 1.82) is 0 Å². The molecule has 1 amide bonds. The fourth-order valence-corrected chi connectivity index (χ4v) is 3.30. The second-order valence-electron chi connectivity index (χ2n) is 6.93. The van der Waals surface area contributed by atoms with Crippen molar-refractivity contribution in [3.05, 3.63) is 65.7 Å². The van der Waals surface area contributed by atoms with Gasteiger partial charge in [0.05, 0.1) is 12.1 Å². The molecular weight excluding hydrogens is 367 g/mol. The second-order valence-corrected chi connectivity index (χ2v) is 6.93. The zero-order valence-corrected chi connectivity index (χ0v) is 15.7. The molecule has 1 aliphatic heterocycles. The number of nitrogens with zero attached hydrogens (tertiary/aromatic N) is 2. The third kappa shape index (κ3) is 5.04. The monoisotopic (exact) mass is 391 g/mol. The van der Waals surface area contributed by atoms with Crippen LogP contribution < -0.4 is 10.2 Å². The minimum atomic E-state index is -4.35. The van der Waals surface area contributed by atoms with Crippen LogP contribution >= 0.6 is 0 Å². The van der Waals surface area contributed by atoms with Crippen molar-refractivity contribution in [2.24, 2.45) is 0 Å². The summed E-state index contributed by atoms with van der Waals surface area (Å²) in [7, 11) is 0. The molecule has 1 heterocycles. The molecule has 0 radical (unpaired) electrons. The number of carbonyl (C=O) groups is 1. The molecule has 1 atom stereocenters. The third-order valence-corrected chi connectivity index (χ3v) is 5.03. The van der Waals surface area contributed by atoms with Crippen molar-refractivity contribution in [3.8, 4) is 0 Å². The second kappa shape index (κ2) is 8.65. The van der Waals surface area contributed by atoms with Crippen molar-refractivity contribution >= 4 is 11.6 Å². The first kappa shape index (κ1) is 20.2. The highest BCUT2D eigenvalue weighted by Gasteiger charge is 2.31. The van der Waals surface area contributed by atoms with E-state index in [1.54, 1.807) is 11.0 Å². The highest BCUT2D eigenvalue weighted by Crippen LogP contribution is 2.31. The van der Waals surface area contributed by atoms with E-state index in [-0.39, 0.29) is 18.5 Å². The van der Waals surface area contributed by atoms with Crippen molar-refractivity contribution in [2.45, 2.75) is 19.1 Å². The summed E-state index contributed by atoms with van der Waals surface area (Å²) in [6.07, 6.45) is -4.35. The average Bonchev–Trinajstić information content (AvgIpc) is 2.72. The average molecular weight is 391 g/mol. The predicted molar refractivity (Wildman–Crippen MR) is 103 cm³/mol. The summed E-state index contributed by atoms with van der Waals surface area (Å²) >= 11 is 0. The van der Waals surface area contributed by atoms with E-state index in [9.17, 15) is 18.0 Å². The summed E-state index contributed by atoms with van der Waals surface area (Å²) in [4.78, 5) is 16.1. The Hall–Kier alpha value is -2.54. The maximum atomic E-state index is 12.9. The molecule has 1 aliphatic rings. The molecule has 4 nitrogen and oxygen atoms in total. The zero-order valence-electron chi connectivity index (χ0n) is 15.7. The van der Waals surface area contributed by atoms with Crippen LogP contribution in [0.2, 0.25) is 0 Å². The number of hydrogen-bond acceptors (Lipinski definition) is 3. The number of hydrogen-bond donors (Lipinski definition) is 1. The molecule has 0 aliphatic carbocycles. The molecular formula is C21H24F3N3O. The summed E-state index contributed by atoms with van der Waals surface area (Å²) in [6.45, 7) is 4.27. The van der Waals surface area contributed by atoms with Crippen molar-refractivity contribution in [3.63, 3.8) is 0 Å². The Morgan fingerprint density at radius 3 is 2.36 bits per heavy atom. The summed E-state index contributed by atoms with van der Waals surface area (Å²) in [5.74, 6) is 0.00599. The van der Waals surface area contributed by atoms with Gasteiger partial charge in [0.1, 0.15) is 0 Å². The van der Waals surface area contributed by atoms with Crippen molar-refractivity contribution < 1.29 is 18.0 Å². The van der Waals surface area contributed by atoms with Gasteiger partial charge < -0.3 is 15.1 Å². The quantitative estimate of drug-likeness (QED) is 0.844. The van der Waals surface area contributed by atoms with Crippen LogP contribution in [0.4, 0.5) is 18.9 Å². The van der Waals surface area contributed by atoms with Gasteiger partial charge in [0, 0.05) is 37.9 Å². The minimum absolute atomic E-state index is 0.00599. The first-order valence-corrected chi connectivity index (χ1v) is 9.33. The predicted octanol–water partition coefficient (Wildman–Crippen LogP) is 3.70. The number of halogens is 3. The van der Waals surface area contributed by atoms with E-state index in [4.69, 9.17) is 0 Å². The number of piperazine rings is 1. The fourth-order valence-electron chi connectivity index (χ4n) is 3.30. The lowest BCUT2D eigenvalue weighted by molar-refractivity contribution is -0.137. The van der Waals surface area contributed by atoms with E-state index in [2.05, 4.69) is 5.32 Å². The molecule has 2 aromatic carbocycles. The van der Waals surface area contributed by atoms with E-state index < -0.39 is 11.7 Å². The number of carbonyl (C=O) groups excluding carboxylic acids is 1. The molecule has 1 fully saturated rings. The van der Waals surface area contributed by atoms with Gasteiger partial charge in [-0.1, -0.05) is 36.4 Å². The molecule has 3 rings (SSSR count). The van der Waals surface area contributed by atoms with Crippen LogP contribution in [0.15, 0.2) is 54.6 Å². The van der Waals surface area contributed by atoms with Gasteiger partial charge in [-0.3, -0.25) is 4.79 Å². The summed E-state index contributed by atoms with van der Waals surface area (Å²) in [5, 5.41) is 3.23. The normalized spacial score (nSPS) is 16.1. The van der Waals surface area contributed by atoms with Crippen LogP contribution in [-0.2, 0) is 11.0 Å². The number of rotatable bonds is 5. The van der Waals surface area contributed by atoms with E-state index >= 15 is 0 Å². The summed E-state index contributed by atoms with van der Waals surface area (Å²) in [5.41, 5.74) is 1.00. The molecule has 1 saturated heterocycles. The number of anilines is 1. The van der Waals surface area contributed by atoms with Crippen LogP contribution in [0.3, 0.4) is 0 Å². The van der Waals surface area contributed by atoms with E-state index in [0.29, 0.717) is 31.9 Å². The van der Waals surface area contributed by atoms with Gasteiger partial charge in [-0.2, -0.15) is 13.2 Å². The van der Waals surface area contributed by atoms with Crippen LogP contribution in [0.5, 0.6) is 0 Å². The largest absolute Gasteiger partial charge is 0.416 e. The molecule has 1 N–H and O–H groups in total. The number of nitrogens with one attached hydrogen (secondary N) is 1.